The molecule has 0 amide bonds. The van der Waals surface area contributed by atoms with Crippen LogP contribution in [0.3, 0.4) is 0 Å². The van der Waals surface area contributed by atoms with Crippen LogP contribution in [0.15, 0.2) is 30.3 Å². The predicted octanol–water partition coefficient (Wildman–Crippen LogP) is 2.98. The summed E-state index contributed by atoms with van der Waals surface area (Å²) < 4.78 is 0. The summed E-state index contributed by atoms with van der Waals surface area (Å²) in [5, 5.41) is 21.8. The molecule has 0 aromatic heterocycles. The molecule has 1 rings (SSSR count). The average molecular weight is 293 g/mol. The molecule has 0 aliphatic carbocycles. The van der Waals surface area contributed by atoms with E-state index < -0.39 is 12.0 Å². The first-order valence-corrected chi connectivity index (χ1v) is 7.48. The van der Waals surface area contributed by atoms with Gasteiger partial charge in [0.1, 0.15) is 6.04 Å². The van der Waals surface area contributed by atoms with Crippen molar-refractivity contribution >= 4 is 5.97 Å². The molecule has 118 valence electrons. The third-order valence-electron chi connectivity index (χ3n) is 3.50. The molecule has 0 fully saturated rings. The largest absolute Gasteiger partial charge is 0.480 e. The fourth-order valence-corrected chi connectivity index (χ4v) is 2.26. The molecular weight excluding hydrogens is 266 g/mol. The fraction of sp³-hybridized carbons (Fsp3) is 0.588. The highest BCUT2D eigenvalue weighted by Crippen LogP contribution is 2.23. The number of hydrogen-bond donors (Lipinski definition) is 3. The van der Waals surface area contributed by atoms with E-state index in [1.165, 1.54) is 0 Å². The molecule has 4 heteroatoms. The minimum atomic E-state index is -0.835. The van der Waals surface area contributed by atoms with Crippen LogP contribution in [0.4, 0.5) is 0 Å². The Kier molecular flexibility index (Phi) is 6.85. The fourth-order valence-electron chi connectivity index (χ4n) is 2.26. The van der Waals surface area contributed by atoms with Crippen LogP contribution in [-0.4, -0.2) is 28.8 Å². The Morgan fingerprint density at radius 1 is 1.19 bits per heavy atom. The van der Waals surface area contributed by atoms with E-state index in [4.69, 9.17) is 0 Å². The van der Waals surface area contributed by atoms with Crippen molar-refractivity contribution in [2.24, 2.45) is 5.41 Å². The number of nitrogens with one attached hydrogen (secondary N) is 1. The minimum absolute atomic E-state index is 0.0260. The molecular formula is C17H27NO3. The minimum Gasteiger partial charge on any atom is -0.480 e. The Morgan fingerprint density at radius 3 is 2.29 bits per heavy atom. The Hall–Kier alpha value is -1.39. The van der Waals surface area contributed by atoms with E-state index in [1.54, 1.807) is 0 Å². The number of rotatable bonds is 8. The molecule has 0 saturated heterocycles. The van der Waals surface area contributed by atoms with E-state index in [0.717, 1.165) is 12.0 Å². The second-order valence-electron chi connectivity index (χ2n) is 6.63. The van der Waals surface area contributed by atoms with Gasteiger partial charge in [-0.25, -0.2) is 0 Å². The summed E-state index contributed by atoms with van der Waals surface area (Å²) in [6.45, 7) is 6.34. The zero-order valence-corrected chi connectivity index (χ0v) is 13.2. The zero-order valence-electron chi connectivity index (χ0n) is 13.2. The predicted molar refractivity (Wildman–Crippen MR) is 84.1 cm³/mol. The molecule has 1 unspecified atom stereocenters. The summed E-state index contributed by atoms with van der Waals surface area (Å²) in [6.07, 6.45) is 1.91. The number of benzene rings is 1. The molecule has 21 heavy (non-hydrogen) atoms. The molecule has 3 N–H and O–H groups in total. The summed E-state index contributed by atoms with van der Waals surface area (Å²) in [5.74, 6) is -0.835. The van der Waals surface area contributed by atoms with E-state index in [9.17, 15) is 15.0 Å². The summed E-state index contributed by atoms with van der Waals surface area (Å²) in [5.41, 5.74) is 1.11. The lowest BCUT2D eigenvalue weighted by atomic mass is 9.88. The molecule has 0 saturated carbocycles. The lowest BCUT2D eigenvalue weighted by Gasteiger charge is -2.26. The van der Waals surface area contributed by atoms with Crippen molar-refractivity contribution in [3.8, 4) is 0 Å². The Bertz CT molecular complexity index is 425. The Labute approximate surface area is 127 Å². The van der Waals surface area contributed by atoms with Crippen LogP contribution in [0, 0.1) is 5.41 Å². The molecule has 0 spiro atoms. The van der Waals surface area contributed by atoms with Crippen molar-refractivity contribution in [3.05, 3.63) is 35.9 Å². The van der Waals surface area contributed by atoms with Gasteiger partial charge in [-0.2, -0.15) is 0 Å². The highest BCUT2D eigenvalue weighted by Gasteiger charge is 2.24. The molecule has 2 atom stereocenters. The van der Waals surface area contributed by atoms with Crippen molar-refractivity contribution in [1.29, 1.82) is 0 Å². The van der Waals surface area contributed by atoms with Gasteiger partial charge >= 0.3 is 5.97 Å². The molecule has 0 bridgehead atoms. The van der Waals surface area contributed by atoms with Gasteiger partial charge in [-0.3, -0.25) is 10.1 Å². The van der Waals surface area contributed by atoms with Crippen molar-refractivity contribution in [1.82, 2.24) is 5.32 Å². The third kappa shape index (κ3) is 6.74. The number of carboxylic acid groups (broad SMARTS) is 1. The summed E-state index contributed by atoms with van der Waals surface area (Å²) in [4.78, 5) is 11.5. The van der Waals surface area contributed by atoms with Crippen LogP contribution in [0.2, 0.25) is 0 Å². The SMILES string of the molecule is CC(C)(C)CCC(N[C@H](CCO)c1ccccc1)C(=O)O. The number of aliphatic hydroxyl groups excluding tert-OH is 1. The Morgan fingerprint density at radius 2 is 1.81 bits per heavy atom. The van der Waals surface area contributed by atoms with Crippen LogP contribution in [0.1, 0.15) is 51.6 Å². The molecule has 0 heterocycles. The van der Waals surface area contributed by atoms with Crippen LogP contribution < -0.4 is 5.32 Å². The molecule has 0 aliphatic rings. The maximum absolute atomic E-state index is 11.5. The lowest BCUT2D eigenvalue weighted by molar-refractivity contribution is -0.140. The van der Waals surface area contributed by atoms with E-state index >= 15 is 0 Å². The van der Waals surface area contributed by atoms with Gasteiger partial charge in [0, 0.05) is 12.6 Å². The van der Waals surface area contributed by atoms with Gasteiger partial charge in [-0.05, 0) is 30.2 Å². The highest BCUT2D eigenvalue weighted by atomic mass is 16.4. The monoisotopic (exact) mass is 293 g/mol. The van der Waals surface area contributed by atoms with Gasteiger partial charge in [0.15, 0.2) is 0 Å². The highest BCUT2D eigenvalue weighted by molar-refractivity contribution is 5.73. The van der Waals surface area contributed by atoms with Gasteiger partial charge < -0.3 is 10.2 Å². The molecule has 0 aliphatic heterocycles. The number of carbonyl (C=O) groups is 1. The number of hydrogen-bond acceptors (Lipinski definition) is 3. The molecule has 0 radical (unpaired) electrons. The normalized spacial score (nSPS) is 14.7. The van der Waals surface area contributed by atoms with Crippen LogP contribution >= 0.6 is 0 Å². The topological polar surface area (TPSA) is 69.6 Å². The van der Waals surface area contributed by atoms with Gasteiger partial charge in [0.2, 0.25) is 0 Å². The summed E-state index contributed by atoms with van der Waals surface area (Å²) in [7, 11) is 0. The van der Waals surface area contributed by atoms with Crippen molar-refractivity contribution < 1.29 is 15.0 Å². The van der Waals surface area contributed by atoms with Gasteiger partial charge in [0.05, 0.1) is 0 Å². The second-order valence-corrected chi connectivity index (χ2v) is 6.63. The molecule has 4 nitrogen and oxygen atoms in total. The van der Waals surface area contributed by atoms with Crippen molar-refractivity contribution in [3.63, 3.8) is 0 Å². The first kappa shape index (κ1) is 17.7. The lowest BCUT2D eigenvalue weighted by Crippen LogP contribution is -2.40. The third-order valence-corrected chi connectivity index (χ3v) is 3.50. The van der Waals surface area contributed by atoms with Crippen molar-refractivity contribution in [2.45, 2.75) is 52.1 Å². The number of aliphatic carboxylic acids is 1. The quantitative estimate of drug-likeness (QED) is 0.689. The maximum Gasteiger partial charge on any atom is 0.320 e. The van der Waals surface area contributed by atoms with Crippen LogP contribution in [-0.2, 0) is 4.79 Å². The van der Waals surface area contributed by atoms with Gasteiger partial charge in [0.25, 0.3) is 0 Å². The Balaban J connectivity index is 2.76. The number of carboxylic acids is 1. The van der Waals surface area contributed by atoms with E-state index in [0.29, 0.717) is 12.8 Å². The first-order valence-electron chi connectivity index (χ1n) is 7.48. The van der Waals surface area contributed by atoms with E-state index in [-0.39, 0.29) is 18.1 Å². The summed E-state index contributed by atoms with van der Waals surface area (Å²) in [6, 6.07) is 8.94. The first-order chi connectivity index (χ1) is 9.83. The average Bonchev–Trinajstić information content (AvgIpc) is 2.41. The molecule has 1 aromatic carbocycles. The zero-order chi connectivity index (χ0) is 15.9. The van der Waals surface area contributed by atoms with Crippen molar-refractivity contribution in [2.75, 3.05) is 6.61 Å². The van der Waals surface area contributed by atoms with Crippen LogP contribution in [0.25, 0.3) is 0 Å². The van der Waals surface area contributed by atoms with Gasteiger partial charge in [-0.1, -0.05) is 51.1 Å². The van der Waals surface area contributed by atoms with E-state index in [2.05, 4.69) is 26.1 Å². The number of aliphatic hydroxyl groups is 1. The summed E-state index contributed by atoms with van der Waals surface area (Å²) >= 11 is 0. The van der Waals surface area contributed by atoms with Crippen LogP contribution in [0.5, 0.6) is 0 Å². The maximum atomic E-state index is 11.5. The standard InChI is InChI=1S/C17H27NO3/c1-17(2,3)11-9-15(16(20)21)18-14(10-12-19)13-7-5-4-6-8-13/h4-8,14-15,18-19H,9-12H2,1-3H3,(H,20,21)/t14-,15?/m1/s1. The smallest absolute Gasteiger partial charge is 0.320 e. The molecule has 1 aromatic rings. The second kappa shape index (κ2) is 8.15. The van der Waals surface area contributed by atoms with Gasteiger partial charge in [-0.15, -0.1) is 0 Å². The van der Waals surface area contributed by atoms with E-state index in [1.807, 2.05) is 30.3 Å².